The van der Waals surface area contributed by atoms with E-state index in [9.17, 15) is 9.18 Å². The second-order valence-corrected chi connectivity index (χ2v) is 5.89. The van der Waals surface area contributed by atoms with Crippen molar-refractivity contribution < 1.29 is 4.39 Å². The summed E-state index contributed by atoms with van der Waals surface area (Å²) in [6, 6.07) is 10.3. The van der Waals surface area contributed by atoms with E-state index in [1.807, 2.05) is 31.2 Å². The lowest BCUT2D eigenvalue weighted by Gasteiger charge is -2.08. The molecule has 0 radical (unpaired) electrons. The molecule has 3 aromatic rings. The molecular formula is C17H16ClFN4O. The van der Waals surface area contributed by atoms with Gasteiger partial charge in [-0.2, -0.15) is 4.68 Å². The Bertz CT molecular complexity index is 931. The van der Waals surface area contributed by atoms with Gasteiger partial charge >= 0.3 is 5.69 Å². The zero-order chi connectivity index (χ0) is 17.3. The first kappa shape index (κ1) is 16.4. The average molecular weight is 347 g/mol. The Morgan fingerprint density at radius 3 is 2.67 bits per heavy atom. The first-order valence-corrected chi connectivity index (χ1v) is 7.76. The van der Waals surface area contributed by atoms with Gasteiger partial charge in [0.25, 0.3) is 0 Å². The highest BCUT2D eigenvalue weighted by molar-refractivity contribution is 6.32. The molecule has 0 atom stereocenters. The molecule has 0 bridgehead atoms. The molecule has 0 spiro atoms. The van der Waals surface area contributed by atoms with E-state index < -0.39 is 11.5 Å². The predicted octanol–water partition coefficient (Wildman–Crippen LogP) is 3.05. The number of nitrogens with zero attached hydrogens (tertiary/aromatic N) is 2. The fraction of sp³-hybridized carbons (Fsp3) is 0.176. The zero-order valence-electron chi connectivity index (χ0n) is 13.2. The largest absolute Gasteiger partial charge is 0.348 e. The van der Waals surface area contributed by atoms with E-state index in [0.29, 0.717) is 23.6 Å². The predicted molar refractivity (Wildman–Crippen MR) is 92.1 cm³/mol. The Morgan fingerprint density at radius 2 is 2.00 bits per heavy atom. The number of aromatic amines is 1. The van der Waals surface area contributed by atoms with Crippen LogP contribution in [0.2, 0.25) is 5.02 Å². The topological polar surface area (TPSA) is 62.7 Å². The van der Waals surface area contributed by atoms with Gasteiger partial charge in [-0.25, -0.2) is 9.18 Å². The minimum absolute atomic E-state index is 0.122. The van der Waals surface area contributed by atoms with Crippen LogP contribution in [0.4, 0.5) is 4.39 Å². The Labute approximate surface area is 143 Å². The van der Waals surface area contributed by atoms with Crippen LogP contribution in [0.5, 0.6) is 0 Å². The highest BCUT2D eigenvalue weighted by atomic mass is 35.5. The van der Waals surface area contributed by atoms with Gasteiger partial charge in [0, 0.05) is 17.7 Å². The monoisotopic (exact) mass is 346 g/mol. The molecule has 0 saturated carbocycles. The van der Waals surface area contributed by atoms with Crippen LogP contribution < -0.4 is 11.0 Å². The summed E-state index contributed by atoms with van der Waals surface area (Å²) < 4.78 is 15.1. The van der Waals surface area contributed by atoms with Crippen molar-refractivity contribution in [2.75, 3.05) is 7.05 Å². The molecule has 2 aromatic carbocycles. The summed E-state index contributed by atoms with van der Waals surface area (Å²) in [4.78, 5) is 15.0. The number of aromatic nitrogens is 3. The van der Waals surface area contributed by atoms with Gasteiger partial charge in [-0.1, -0.05) is 41.4 Å². The van der Waals surface area contributed by atoms with Gasteiger partial charge in [0.2, 0.25) is 0 Å². The number of rotatable bonds is 4. The third kappa shape index (κ3) is 3.11. The third-order valence-corrected chi connectivity index (χ3v) is 3.96. The van der Waals surface area contributed by atoms with Crippen LogP contribution in [0.3, 0.4) is 0 Å². The SMILES string of the molecule is CNCc1cc(-n2nc(-c3ccc(C)cc3)[nH]c2=O)c(Cl)cc1F. The fourth-order valence-electron chi connectivity index (χ4n) is 2.40. The number of hydrogen-bond donors (Lipinski definition) is 2. The summed E-state index contributed by atoms with van der Waals surface area (Å²) in [6.07, 6.45) is 0. The van der Waals surface area contributed by atoms with Gasteiger partial charge in [0.1, 0.15) is 5.82 Å². The Hall–Kier alpha value is -2.44. The maximum Gasteiger partial charge on any atom is 0.348 e. The third-order valence-electron chi connectivity index (χ3n) is 3.65. The number of hydrogen-bond acceptors (Lipinski definition) is 3. The lowest BCUT2D eigenvalue weighted by molar-refractivity contribution is 0.599. The van der Waals surface area contributed by atoms with Gasteiger partial charge in [-0.15, -0.1) is 5.10 Å². The molecule has 0 unspecified atom stereocenters. The highest BCUT2D eigenvalue weighted by Gasteiger charge is 2.15. The summed E-state index contributed by atoms with van der Waals surface area (Å²) in [6.45, 7) is 2.30. The number of benzene rings is 2. The maximum atomic E-state index is 13.9. The molecule has 0 aliphatic heterocycles. The van der Waals surface area contributed by atoms with Crippen LogP contribution in [0.15, 0.2) is 41.2 Å². The van der Waals surface area contributed by atoms with Gasteiger partial charge in [-0.3, -0.25) is 4.98 Å². The minimum Gasteiger partial charge on any atom is -0.316 e. The van der Waals surface area contributed by atoms with Crippen molar-refractivity contribution in [3.05, 3.63) is 68.8 Å². The summed E-state index contributed by atoms with van der Waals surface area (Å²) >= 11 is 6.11. The van der Waals surface area contributed by atoms with Crippen LogP contribution in [0, 0.1) is 12.7 Å². The van der Waals surface area contributed by atoms with Gasteiger partial charge in [-0.05, 0) is 26.1 Å². The molecule has 0 saturated heterocycles. The molecule has 7 heteroatoms. The molecule has 0 fully saturated rings. The number of aryl methyl sites for hydroxylation is 1. The van der Waals surface area contributed by atoms with Crippen LogP contribution in [0.25, 0.3) is 17.1 Å². The molecule has 124 valence electrons. The molecule has 2 N–H and O–H groups in total. The maximum absolute atomic E-state index is 13.9. The molecule has 1 aromatic heterocycles. The summed E-state index contributed by atoms with van der Waals surface area (Å²) in [5.74, 6) is -0.00370. The molecule has 5 nitrogen and oxygen atoms in total. The lowest BCUT2D eigenvalue weighted by atomic mass is 10.1. The Morgan fingerprint density at radius 1 is 1.29 bits per heavy atom. The standard InChI is InChI=1S/C17H16ClFN4O/c1-10-3-5-11(6-4-10)16-21-17(24)23(22-16)15-7-12(9-20-2)14(19)8-13(15)18/h3-8,20H,9H2,1-2H3,(H,21,22,24). The molecule has 3 rings (SSSR count). The number of nitrogens with one attached hydrogen (secondary N) is 2. The molecule has 0 aliphatic carbocycles. The first-order valence-electron chi connectivity index (χ1n) is 7.39. The second-order valence-electron chi connectivity index (χ2n) is 5.48. The molecule has 1 heterocycles. The molecular weight excluding hydrogens is 331 g/mol. The normalized spacial score (nSPS) is 11.0. The first-order chi connectivity index (χ1) is 11.5. The average Bonchev–Trinajstić information content (AvgIpc) is 2.92. The smallest absolute Gasteiger partial charge is 0.316 e. The van der Waals surface area contributed by atoms with E-state index in [1.54, 1.807) is 7.05 Å². The summed E-state index contributed by atoms with van der Waals surface area (Å²) in [5.41, 5.74) is 2.20. The van der Waals surface area contributed by atoms with E-state index in [0.717, 1.165) is 15.8 Å². The second kappa shape index (κ2) is 6.59. The van der Waals surface area contributed by atoms with Gasteiger partial charge in [0.05, 0.1) is 10.7 Å². The van der Waals surface area contributed by atoms with Crippen LogP contribution in [0.1, 0.15) is 11.1 Å². The van der Waals surface area contributed by atoms with E-state index in [4.69, 9.17) is 11.6 Å². The van der Waals surface area contributed by atoms with Crippen molar-refractivity contribution in [3.8, 4) is 17.1 Å². The minimum atomic E-state index is -0.436. The number of H-pyrrole nitrogens is 1. The van der Waals surface area contributed by atoms with Crippen LogP contribution in [-0.2, 0) is 6.54 Å². The molecule has 24 heavy (non-hydrogen) atoms. The van der Waals surface area contributed by atoms with Gasteiger partial charge in [0.15, 0.2) is 5.82 Å². The van der Waals surface area contributed by atoms with Crippen LogP contribution >= 0.6 is 11.6 Å². The van der Waals surface area contributed by atoms with E-state index in [1.165, 1.54) is 12.1 Å². The lowest BCUT2D eigenvalue weighted by Crippen LogP contribution is -2.17. The quantitative estimate of drug-likeness (QED) is 0.763. The fourth-order valence-corrected chi connectivity index (χ4v) is 2.63. The summed E-state index contributed by atoms with van der Waals surface area (Å²) in [7, 11) is 1.71. The van der Waals surface area contributed by atoms with Crippen molar-refractivity contribution in [1.29, 1.82) is 0 Å². The van der Waals surface area contributed by atoms with Crippen molar-refractivity contribution in [2.45, 2.75) is 13.5 Å². The summed E-state index contributed by atoms with van der Waals surface area (Å²) in [5, 5.41) is 7.29. The molecule has 0 aliphatic rings. The van der Waals surface area contributed by atoms with Crippen molar-refractivity contribution in [2.24, 2.45) is 0 Å². The Balaban J connectivity index is 2.09. The highest BCUT2D eigenvalue weighted by Crippen LogP contribution is 2.24. The zero-order valence-corrected chi connectivity index (χ0v) is 14.0. The molecule has 0 amide bonds. The van der Waals surface area contributed by atoms with E-state index in [2.05, 4.69) is 15.4 Å². The van der Waals surface area contributed by atoms with Crippen molar-refractivity contribution in [1.82, 2.24) is 20.1 Å². The Kier molecular flexibility index (Phi) is 4.51. The van der Waals surface area contributed by atoms with Crippen LogP contribution in [-0.4, -0.2) is 21.8 Å². The van der Waals surface area contributed by atoms with Crippen molar-refractivity contribution in [3.63, 3.8) is 0 Å². The van der Waals surface area contributed by atoms with E-state index in [-0.39, 0.29) is 5.02 Å². The van der Waals surface area contributed by atoms with E-state index >= 15 is 0 Å². The van der Waals surface area contributed by atoms with Crippen molar-refractivity contribution >= 4 is 11.6 Å². The van der Waals surface area contributed by atoms with Gasteiger partial charge < -0.3 is 5.32 Å². The number of halogens is 2.